The van der Waals surface area contributed by atoms with Crippen molar-refractivity contribution in [1.29, 1.82) is 0 Å². The van der Waals surface area contributed by atoms with Crippen LogP contribution < -0.4 is 4.74 Å². The topological polar surface area (TPSA) is 96.2 Å². The summed E-state index contributed by atoms with van der Waals surface area (Å²) in [5.41, 5.74) is 1.13. The van der Waals surface area contributed by atoms with E-state index in [9.17, 15) is 15.0 Å². The average Bonchev–Trinajstić information content (AvgIpc) is 2.87. The van der Waals surface area contributed by atoms with Crippen LogP contribution in [0.25, 0.3) is 0 Å². The Hall–Kier alpha value is -2.15. The van der Waals surface area contributed by atoms with Crippen molar-refractivity contribution >= 4 is 5.97 Å². The second kappa shape index (κ2) is 10.6. The average molecular weight is 402 g/mol. The molecule has 3 N–H and O–H groups in total. The number of rotatable bonds is 9. The summed E-state index contributed by atoms with van der Waals surface area (Å²) in [6.45, 7) is 0.652. The molecule has 1 heterocycles. The van der Waals surface area contributed by atoms with Crippen LogP contribution in [0, 0.1) is 11.8 Å². The maximum absolute atomic E-state index is 10.7. The quantitative estimate of drug-likeness (QED) is 0.550. The summed E-state index contributed by atoms with van der Waals surface area (Å²) in [5, 5.41) is 29.5. The van der Waals surface area contributed by atoms with Gasteiger partial charge in [-0.15, -0.1) is 0 Å². The number of fused-ring (bicyclic) bond motifs is 1. The van der Waals surface area contributed by atoms with E-state index in [1.165, 1.54) is 0 Å². The van der Waals surface area contributed by atoms with Crippen LogP contribution in [0.2, 0.25) is 0 Å². The van der Waals surface area contributed by atoms with Crippen LogP contribution in [0.4, 0.5) is 0 Å². The number of ether oxygens (including phenoxy) is 2. The van der Waals surface area contributed by atoms with Crippen molar-refractivity contribution in [2.45, 2.75) is 50.4 Å². The Labute approximate surface area is 171 Å². The molecule has 6 heteroatoms. The number of aliphatic hydroxyl groups is 2. The van der Waals surface area contributed by atoms with E-state index in [0.29, 0.717) is 25.2 Å². The molecule has 1 aliphatic carbocycles. The first-order valence-corrected chi connectivity index (χ1v) is 10.3. The smallest absolute Gasteiger partial charge is 0.303 e. The van der Waals surface area contributed by atoms with E-state index in [0.717, 1.165) is 18.4 Å². The van der Waals surface area contributed by atoms with Crippen LogP contribution >= 0.6 is 0 Å². The van der Waals surface area contributed by atoms with Gasteiger partial charge in [0.15, 0.2) is 0 Å². The molecule has 3 rings (SSSR count). The van der Waals surface area contributed by atoms with E-state index in [1.807, 2.05) is 36.4 Å². The molecule has 158 valence electrons. The lowest BCUT2D eigenvalue weighted by atomic mass is 9.89. The van der Waals surface area contributed by atoms with Gasteiger partial charge in [0.25, 0.3) is 0 Å². The fraction of sp³-hybridized carbons (Fsp3) is 0.522. The molecule has 5 atom stereocenters. The molecule has 0 saturated heterocycles. The third-order valence-corrected chi connectivity index (χ3v) is 5.66. The molecule has 1 saturated carbocycles. The first-order chi connectivity index (χ1) is 14.0. The van der Waals surface area contributed by atoms with Gasteiger partial charge in [0.1, 0.15) is 18.5 Å². The van der Waals surface area contributed by atoms with E-state index in [4.69, 9.17) is 14.6 Å². The zero-order valence-corrected chi connectivity index (χ0v) is 16.5. The standard InChI is InChI=1S/C23H30O6/c24-17(15-28-18-6-2-1-3-7-18)10-12-19-20-11-9-16(5-4-8-23(26)27)14-29-22(20)13-21(19)25/h1-3,6-7,9-10,12,17,19-22,24-25H,4-5,8,11,13-15H2,(H,26,27)/b12-10+/t17-,19-,20-,21-,22+/m1/s1. The number of para-hydroxylation sites is 1. The summed E-state index contributed by atoms with van der Waals surface area (Å²) in [4.78, 5) is 10.7. The van der Waals surface area contributed by atoms with Crippen molar-refractivity contribution in [3.63, 3.8) is 0 Å². The molecule has 1 aliphatic heterocycles. The van der Waals surface area contributed by atoms with Crippen molar-refractivity contribution in [1.82, 2.24) is 0 Å². The van der Waals surface area contributed by atoms with E-state index >= 15 is 0 Å². The van der Waals surface area contributed by atoms with Crippen LogP contribution in [0.1, 0.15) is 32.1 Å². The Morgan fingerprint density at radius 2 is 2.10 bits per heavy atom. The molecule has 1 fully saturated rings. The van der Waals surface area contributed by atoms with E-state index in [-0.39, 0.29) is 31.0 Å². The Morgan fingerprint density at radius 1 is 1.31 bits per heavy atom. The molecule has 0 bridgehead atoms. The monoisotopic (exact) mass is 402 g/mol. The molecule has 0 radical (unpaired) electrons. The molecule has 1 aromatic rings. The number of aliphatic carboxylic acids is 1. The number of aliphatic hydroxyl groups excluding tert-OH is 2. The van der Waals surface area contributed by atoms with Crippen LogP contribution in [-0.2, 0) is 9.53 Å². The van der Waals surface area contributed by atoms with Crippen molar-refractivity contribution in [2.75, 3.05) is 13.2 Å². The Bertz CT molecular complexity index is 713. The predicted molar refractivity (Wildman–Crippen MR) is 109 cm³/mol. The van der Waals surface area contributed by atoms with Gasteiger partial charge in [0.05, 0.1) is 18.8 Å². The minimum atomic E-state index is -0.778. The van der Waals surface area contributed by atoms with E-state index in [1.54, 1.807) is 6.08 Å². The SMILES string of the molecule is O=C(O)CCCC1=CC[C@@H]2[C@@H](/C=C/[C@@H](O)COc3ccccc3)[C@H](O)C[C@@H]2OC1. The van der Waals surface area contributed by atoms with Gasteiger partial charge in [-0.05, 0) is 42.9 Å². The third-order valence-electron chi connectivity index (χ3n) is 5.66. The van der Waals surface area contributed by atoms with Crippen molar-refractivity contribution in [3.8, 4) is 5.75 Å². The fourth-order valence-corrected chi connectivity index (χ4v) is 4.10. The normalized spacial score (nSPS) is 27.9. The summed E-state index contributed by atoms with van der Waals surface area (Å²) in [7, 11) is 0. The molecular weight excluding hydrogens is 372 g/mol. The van der Waals surface area contributed by atoms with Crippen LogP contribution in [0.3, 0.4) is 0 Å². The molecule has 0 unspecified atom stereocenters. The van der Waals surface area contributed by atoms with Gasteiger partial charge in [-0.25, -0.2) is 0 Å². The van der Waals surface area contributed by atoms with Gasteiger partial charge in [-0.1, -0.05) is 36.4 Å². The number of carboxylic acids is 1. The predicted octanol–water partition coefficient (Wildman–Crippen LogP) is 2.95. The van der Waals surface area contributed by atoms with Gasteiger partial charge >= 0.3 is 5.97 Å². The van der Waals surface area contributed by atoms with Gasteiger partial charge in [-0.2, -0.15) is 0 Å². The van der Waals surface area contributed by atoms with Crippen molar-refractivity contribution < 1.29 is 29.6 Å². The number of carboxylic acid groups (broad SMARTS) is 1. The number of hydrogen-bond donors (Lipinski definition) is 3. The Kier molecular flexibility index (Phi) is 7.86. The highest BCUT2D eigenvalue weighted by Gasteiger charge is 2.42. The molecule has 29 heavy (non-hydrogen) atoms. The second-order valence-corrected chi connectivity index (χ2v) is 7.82. The number of allylic oxidation sites excluding steroid dienone is 1. The van der Waals surface area contributed by atoms with Crippen LogP contribution in [0.5, 0.6) is 5.75 Å². The lowest BCUT2D eigenvalue weighted by Crippen LogP contribution is -2.22. The van der Waals surface area contributed by atoms with Crippen LogP contribution in [0.15, 0.2) is 54.1 Å². The van der Waals surface area contributed by atoms with Crippen molar-refractivity contribution in [3.05, 3.63) is 54.1 Å². The molecule has 6 nitrogen and oxygen atoms in total. The summed E-state index contributed by atoms with van der Waals surface area (Å²) >= 11 is 0. The summed E-state index contributed by atoms with van der Waals surface area (Å²) in [6.07, 6.45) is 7.32. The largest absolute Gasteiger partial charge is 0.491 e. The summed E-state index contributed by atoms with van der Waals surface area (Å²) < 4.78 is 11.6. The zero-order valence-electron chi connectivity index (χ0n) is 16.5. The molecule has 1 aromatic carbocycles. The number of hydrogen-bond acceptors (Lipinski definition) is 5. The Balaban J connectivity index is 1.52. The first kappa shape index (κ1) is 21.6. The molecule has 0 amide bonds. The number of carbonyl (C=O) groups is 1. The maximum Gasteiger partial charge on any atom is 0.303 e. The second-order valence-electron chi connectivity index (χ2n) is 7.82. The molecule has 0 aromatic heterocycles. The molecule has 0 spiro atoms. The minimum absolute atomic E-state index is 0.0226. The molecular formula is C23H30O6. The maximum atomic E-state index is 10.7. The highest BCUT2D eigenvalue weighted by atomic mass is 16.5. The van der Waals surface area contributed by atoms with Crippen LogP contribution in [-0.4, -0.2) is 52.8 Å². The summed E-state index contributed by atoms with van der Waals surface area (Å²) in [6, 6.07) is 9.34. The summed E-state index contributed by atoms with van der Waals surface area (Å²) in [5.74, 6) is 0.000225. The van der Waals surface area contributed by atoms with Crippen molar-refractivity contribution in [2.24, 2.45) is 11.8 Å². The molecule has 2 aliphatic rings. The number of benzene rings is 1. The first-order valence-electron chi connectivity index (χ1n) is 10.3. The third kappa shape index (κ3) is 6.42. The van der Waals surface area contributed by atoms with E-state index in [2.05, 4.69) is 6.08 Å². The van der Waals surface area contributed by atoms with Gasteiger partial charge in [0.2, 0.25) is 0 Å². The lowest BCUT2D eigenvalue weighted by molar-refractivity contribution is -0.137. The van der Waals surface area contributed by atoms with Gasteiger partial charge in [0, 0.05) is 18.8 Å². The lowest BCUT2D eigenvalue weighted by Gasteiger charge is -2.20. The van der Waals surface area contributed by atoms with E-state index < -0.39 is 18.2 Å². The van der Waals surface area contributed by atoms with Gasteiger partial charge in [-0.3, -0.25) is 4.79 Å². The minimum Gasteiger partial charge on any atom is -0.491 e. The highest BCUT2D eigenvalue weighted by molar-refractivity contribution is 5.66. The highest BCUT2D eigenvalue weighted by Crippen LogP contribution is 2.40. The van der Waals surface area contributed by atoms with Gasteiger partial charge < -0.3 is 24.8 Å². The fourth-order valence-electron chi connectivity index (χ4n) is 4.10. The Morgan fingerprint density at radius 3 is 2.86 bits per heavy atom. The zero-order chi connectivity index (χ0) is 20.6.